The normalized spacial score (nSPS) is 16.7. The van der Waals surface area contributed by atoms with Gasteiger partial charge in [0, 0.05) is 31.8 Å². The smallest absolute Gasteiger partial charge is 0.316 e. The first-order valence-electron chi connectivity index (χ1n) is 8.62. The minimum atomic E-state index is -0.501. The number of ether oxygens (including phenoxy) is 2. The maximum Gasteiger partial charge on any atom is 0.316 e. The van der Waals surface area contributed by atoms with Gasteiger partial charge in [0.2, 0.25) is 5.91 Å². The molecule has 7 nitrogen and oxygen atoms in total. The van der Waals surface area contributed by atoms with Crippen molar-refractivity contribution in [2.45, 2.75) is 6.42 Å². The highest BCUT2D eigenvalue weighted by atomic mass is 16.5. The third kappa shape index (κ3) is 3.23. The quantitative estimate of drug-likeness (QED) is 0.525. The van der Waals surface area contributed by atoms with Crippen LogP contribution in [0.4, 0.5) is 5.69 Å². The van der Waals surface area contributed by atoms with Crippen molar-refractivity contribution in [1.29, 1.82) is 0 Å². The van der Waals surface area contributed by atoms with Crippen LogP contribution in [0.1, 0.15) is 6.42 Å². The van der Waals surface area contributed by atoms with Crippen LogP contribution in [0.15, 0.2) is 48.8 Å². The SMILES string of the molecule is COc1ccc(N2CC(C(=O)Oc3ccc4c(c3)ncn4C)CC2=O)cc1. The highest BCUT2D eigenvalue weighted by molar-refractivity contribution is 5.99. The maximum atomic E-state index is 12.5. The molecule has 7 heteroatoms. The van der Waals surface area contributed by atoms with E-state index in [1.165, 1.54) is 0 Å². The summed E-state index contributed by atoms with van der Waals surface area (Å²) in [5.41, 5.74) is 2.45. The van der Waals surface area contributed by atoms with Crippen LogP contribution in [0.2, 0.25) is 0 Å². The van der Waals surface area contributed by atoms with Gasteiger partial charge in [0.05, 0.1) is 30.4 Å². The summed E-state index contributed by atoms with van der Waals surface area (Å²) in [6.07, 6.45) is 1.84. The van der Waals surface area contributed by atoms with E-state index in [4.69, 9.17) is 9.47 Å². The molecule has 3 aromatic rings. The Hall–Kier alpha value is -3.35. The van der Waals surface area contributed by atoms with Gasteiger partial charge >= 0.3 is 5.97 Å². The lowest BCUT2D eigenvalue weighted by Crippen LogP contribution is -2.27. The van der Waals surface area contributed by atoms with Gasteiger partial charge in [-0.3, -0.25) is 9.59 Å². The molecular formula is C20H19N3O4. The van der Waals surface area contributed by atoms with E-state index in [0.717, 1.165) is 16.7 Å². The number of imidazole rings is 1. The Morgan fingerprint density at radius 1 is 1.15 bits per heavy atom. The van der Waals surface area contributed by atoms with Crippen LogP contribution in [0, 0.1) is 5.92 Å². The molecule has 1 saturated heterocycles. The summed E-state index contributed by atoms with van der Waals surface area (Å²) in [4.78, 5) is 30.7. The third-order valence-electron chi connectivity index (χ3n) is 4.76. The first kappa shape index (κ1) is 17.1. The molecule has 0 radical (unpaired) electrons. The van der Waals surface area contributed by atoms with Crippen molar-refractivity contribution in [2.75, 3.05) is 18.6 Å². The standard InChI is InChI=1S/C20H19N3O4/c1-22-12-21-17-10-16(7-8-18(17)22)27-20(25)13-9-19(24)23(11-13)14-3-5-15(26-2)6-4-14/h3-8,10,12-13H,9,11H2,1-2H3. The van der Waals surface area contributed by atoms with Gasteiger partial charge in [0.15, 0.2) is 0 Å². The zero-order valence-electron chi connectivity index (χ0n) is 15.1. The van der Waals surface area contributed by atoms with E-state index in [9.17, 15) is 9.59 Å². The van der Waals surface area contributed by atoms with Crippen LogP contribution < -0.4 is 14.4 Å². The Morgan fingerprint density at radius 3 is 2.63 bits per heavy atom. The third-order valence-corrected chi connectivity index (χ3v) is 4.76. The Bertz CT molecular complexity index is 1010. The second-order valence-corrected chi connectivity index (χ2v) is 6.53. The predicted octanol–water partition coefficient (Wildman–Crippen LogP) is 2.54. The van der Waals surface area contributed by atoms with Gasteiger partial charge < -0.3 is 18.9 Å². The molecule has 1 unspecified atom stereocenters. The number of anilines is 1. The Balaban J connectivity index is 1.46. The van der Waals surface area contributed by atoms with Crippen LogP contribution >= 0.6 is 0 Å². The molecule has 1 amide bonds. The summed E-state index contributed by atoms with van der Waals surface area (Å²) in [7, 11) is 3.49. The molecule has 1 aliphatic rings. The Labute approximate surface area is 156 Å². The van der Waals surface area contributed by atoms with Crippen molar-refractivity contribution in [3.63, 3.8) is 0 Å². The summed E-state index contributed by atoms with van der Waals surface area (Å²) in [5, 5.41) is 0. The number of aromatic nitrogens is 2. The highest BCUT2D eigenvalue weighted by Gasteiger charge is 2.36. The minimum Gasteiger partial charge on any atom is -0.497 e. The molecule has 2 heterocycles. The second kappa shape index (κ2) is 6.75. The minimum absolute atomic E-state index is 0.0951. The molecule has 4 rings (SSSR count). The molecule has 0 bridgehead atoms. The predicted molar refractivity (Wildman–Crippen MR) is 99.8 cm³/mol. The molecule has 0 aliphatic carbocycles. The first-order chi connectivity index (χ1) is 13.0. The molecule has 1 fully saturated rings. The summed E-state index contributed by atoms with van der Waals surface area (Å²) in [6, 6.07) is 12.5. The summed E-state index contributed by atoms with van der Waals surface area (Å²) in [5.74, 6) is 0.142. The molecule has 0 saturated carbocycles. The number of hydrogen-bond donors (Lipinski definition) is 0. The van der Waals surface area contributed by atoms with Crippen molar-refractivity contribution >= 4 is 28.6 Å². The van der Waals surface area contributed by atoms with Crippen molar-refractivity contribution < 1.29 is 19.1 Å². The van der Waals surface area contributed by atoms with Crippen molar-refractivity contribution in [1.82, 2.24) is 9.55 Å². The maximum absolute atomic E-state index is 12.5. The molecule has 1 aromatic heterocycles. The number of methoxy groups -OCH3 is 1. The van der Waals surface area contributed by atoms with Crippen LogP contribution in [0.25, 0.3) is 11.0 Å². The average Bonchev–Trinajstić information content (AvgIpc) is 3.25. The van der Waals surface area contributed by atoms with E-state index in [2.05, 4.69) is 4.98 Å². The van der Waals surface area contributed by atoms with Crippen LogP contribution in [-0.4, -0.2) is 35.1 Å². The average molecular weight is 365 g/mol. The van der Waals surface area contributed by atoms with E-state index < -0.39 is 11.9 Å². The van der Waals surface area contributed by atoms with E-state index in [-0.39, 0.29) is 12.3 Å². The van der Waals surface area contributed by atoms with Gasteiger partial charge in [-0.25, -0.2) is 4.98 Å². The second-order valence-electron chi connectivity index (χ2n) is 6.53. The molecule has 2 aromatic carbocycles. The topological polar surface area (TPSA) is 73.7 Å². The van der Waals surface area contributed by atoms with Crippen LogP contribution in [0.5, 0.6) is 11.5 Å². The zero-order valence-corrected chi connectivity index (χ0v) is 15.1. The molecule has 0 spiro atoms. The summed E-state index contributed by atoms with van der Waals surface area (Å²) < 4.78 is 12.5. The Kier molecular flexibility index (Phi) is 4.27. The number of carbonyl (C=O) groups excluding carboxylic acids is 2. The monoisotopic (exact) mass is 365 g/mol. The number of benzene rings is 2. The fourth-order valence-electron chi connectivity index (χ4n) is 3.26. The number of fused-ring (bicyclic) bond motifs is 1. The summed E-state index contributed by atoms with van der Waals surface area (Å²) >= 11 is 0. The molecule has 0 N–H and O–H groups in total. The van der Waals surface area contributed by atoms with Gasteiger partial charge in [-0.2, -0.15) is 0 Å². The fraction of sp³-hybridized carbons (Fsp3) is 0.250. The number of nitrogens with zero attached hydrogens (tertiary/aromatic N) is 3. The number of hydrogen-bond acceptors (Lipinski definition) is 5. The van der Waals surface area contributed by atoms with Crippen molar-refractivity contribution in [2.24, 2.45) is 13.0 Å². The summed E-state index contributed by atoms with van der Waals surface area (Å²) in [6.45, 7) is 0.301. The van der Waals surface area contributed by atoms with E-state index in [1.807, 2.05) is 17.7 Å². The number of aryl methyl sites for hydroxylation is 1. The van der Waals surface area contributed by atoms with Gasteiger partial charge in [0.25, 0.3) is 0 Å². The molecule has 1 aliphatic heterocycles. The zero-order chi connectivity index (χ0) is 19.0. The first-order valence-corrected chi connectivity index (χ1v) is 8.62. The van der Waals surface area contributed by atoms with Gasteiger partial charge in [-0.1, -0.05) is 0 Å². The highest BCUT2D eigenvalue weighted by Crippen LogP contribution is 2.28. The molecule has 1 atom stereocenters. The van der Waals surface area contributed by atoms with E-state index in [1.54, 1.807) is 54.7 Å². The molecular weight excluding hydrogens is 346 g/mol. The number of rotatable bonds is 4. The molecule has 138 valence electrons. The van der Waals surface area contributed by atoms with Crippen LogP contribution in [-0.2, 0) is 16.6 Å². The number of amides is 1. The largest absolute Gasteiger partial charge is 0.497 e. The van der Waals surface area contributed by atoms with Gasteiger partial charge in [-0.15, -0.1) is 0 Å². The lowest BCUT2D eigenvalue weighted by Gasteiger charge is -2.16. The van der Waals surface area contributed by atoms with Crippen LogP contribution in [0.3, 0.4) is 0 Å². The van der Waals surface area contributed by atoms with E-state index >= 15 is 0 Å². The van der Waals surface area contributed by atoms with E-state index in [0.29, 0.717) is 18.0 Å². The van der Waals surface area contributed by atoms with Crippen molar-refractivity contribution in [3.05, 3.63) is 48.8 Å². The number of carbonyl (C=O) groups is 2. The number of esters is 1. The lowest BCUT2D eigenvalue weighted by atomic mass is 10.1. The molecule has 27 heavy (non-hydrogen) atoms. The lowest BCUT2D eigenvalue weighted by molar-refractivity contribution is -0.139. The van der Waals surface area contributed by atoms with Gasteiger partial charge in [-0.05, 0) is 36.4 Å². The Morgan fingerprint density at radius 2 is 1.89 bits per heavy atom. The van der Waals surface area contributed by atoms with Crippen molar-refractivity contribution in [3.8, 4) is 11.5 Å². The fourth-order valence-corrected chi connectivity index (χ4v) is 3.26. The van der Waals surface area contributed by atoms with Gasteiger partial charge in [0.1, 0.15) is 11.5 Å².